The van der Waals surface area contributed by atoms with Crippen LogP contribution >= 0.6 is 27.3 Å². The summed E-state index contributed by atoms with van der Waals surface area (Å²) < 4.78 is 6.22. The van der Waals surface area contributed by atoms with Gasteiger partial charge in [0.1, 0.15) is 10.3 Å². The van der Waals surface area contributed by atoms with E-state index in [0.29, 0.717) is 17.5 Å². The zero-order valence-corrected chi connectivity index (χ0v) is 26.9. The fourth-order valence-electron chi connectivity index (χ4n) is 6.05. The molecule has 1 fully saturated rings. The van der Waals surface area contributed by atoms with Crippen LogP contribution in [0.3, 0.4) is 0 Å². The summed E-state index contributed by atoms with van der Waals surface area (Å²) in [7, 11) is 0. The average molecular weight is 642 g/mol. The number of amides is 1. The lowest BCUT2D eigenvalue weighted by Crippen LogP contribution is -2.39. The molecule has 5 rings (SSSR count). The molecule has 1 aliphatic heterocycles. The second-order valence-corrected chi connectivity index (χ2v) is 14.4. The van der Waals surface area contributed by atoms with Crippen LogP contribution in [0.5, 0.6) is 0 Å². The van der Waals surface area contributed by atoms with Crippen LogP contribution in [0.2, 0.25) is 0 Å². The van der Waals surface area contributed by atoms with Crippen LogP contribution in [0.4, 0.5) is 0 Å². The molecule has 1 amide bonds. The number of carbonyl (C=O) groups is 2. The lowest BCUT2D eigenvalue weighted by Gasteiger charge is -2.34. The van der Waals surface area contributed by atoms with Crippen molar-refractivity contribution in [2.24, 2.45) is 17.3 Å². The Hall–Kier alpha value is -2.36. The highest BCUT2D eigenvalue weighted by Crippen LogP contribution is 2.38. The van der Waals surface area contributed by atoms with Crippen molar-refractivity contribution in [3.63, 3.8) is 0 Å². The minimum Gasteiger partial charge on any atom is -0.466 e. The molecule has 9 heteroatoms. The van der Waals surface area contributed by atoms with E-state index in [-0.39, 0.29) is 29.3 Å². The molecule has 2 atom stereocenters. The fraction of sp³-hybridized carbons (Fsp3) is 0.562. The molecular formula is C32H41BrN4O3S. The van der Waals surface area contributed by atoms with E-state index in [9.17, 15) is 9.59 Å². The van der Waals surface area contributed by atoms with Gasteiger partial charge in [-0.2, -0.15) is 0 Å². The Balaban J connectivity index is 1.27. The summed E-state index contributed by atoms with van der Waals surface area (Å²) >= 11 is 4.91. The molecule has 220 valence electrons. The van der Waals surface area contributed by atoms with Crippen LogP contribution in [0, 0.1) is 17.3 Å². The van der Waals surface area contributed by atoms with Crippen molar-refractivity contribution in [3.8, 4) is 0 Å². The number of likely N-dealkylation sites (tertiary alicyclic amines) is 1. The smallest absolute Gasteiger partial charge is 0.309 e. The Bertz CT molecular complexity index is 1380. The molecule has 1 saturated heterocycles. The third-order valence-corrected chi connectivity index (χ3v) is 10.2. The van der Waals surface area contributed by atoms with Gasteiger partial charge in [-0.15, -0.1) is 0 Å². The van der Waals surface area contributed by atoms with Gasteiger partial charge in [-0.25, -0.2) is 9.97 Å². The number of thiazole rings is 1. The number of nitrogens with one attached hydrogen (secondary N) is 1. The van der Waals surface area contributed by atoms with E-state index in [0.717, 1.165) is 84.2 Å². The van der Waals surface area contributed by atoms with Gasteiger partial charge in [0.05, 0.1) is 18.6 Å². The molecule has 0 radical (unpaired) electrons. The quantitative estimate of drug-likeness (QED) is 0.275. The molecule has 2 unspecified atom stereocenters. The largest absolute Gasteiger partial charge is 0.466 e. The molecule has 0 saturated carbocycles. The lowest BCUT2D eigenvalue weighted by atomic mass is 9.71. The minimum absolute atomic E-state index is 0.00849. The molecule has 1 N–H and O–H groups in total. The number of ether oxygens (including phenoxy) is 1. The number of nitrogens with zero attached hydrogens (tertiary/aromatic N) is 3. The van der Waals surface area contributed by atoms with Crippen LogP contribution in [-0.4, -0.2) is 53.0 Å². The van der Waals surface area contributed by atoms with Crippen molar-refractivity contribution < 1.29 is 14.3 Å². The number of fused-ring (bicyclic) bond motifs is 2. The number of aromatic nitrogens is 2. The van der Waals surface area contributed by atoms with Gasteiger partial charge in [0.15, 0.2) is 5.01 Å². The summed E-state index contributed by atoms with van der Waals surface area (Å²) in [4.78, 5) is 38.6. The van der Waals surface area contributed by atoms with E-state index in [1.807, 2.05) is 19.1 Å². The number of rotatable bonds is 8. The van der Waals surface area contributed by atoms with Gasteiger partial charge in [-0.1, -0.05) is 60.2 Å². The molecule has 41 heavy (non-hydrogen) atoms. The molecular weight excluding hydrogens is 600 g/mol. The number of esters is 1. The SMILES string of the molecule is CCOC(=O)C1CCN(CCC(NC(=O)c2nc3cc4c(nc3s2)CCC(C(C)(C)C)C4)c2ccc(Br)cc2)CC1. The standard InChI is InChI=1S/C32H41BrN4O3S/c1-5-40-31(39)21-12-15-37(16-13-21)17-14-26(20-6-9-24(33)10-7-20)34-28(38)30-36-27-19-22-18-23(32(2,3)4)8-11-25(22)35-29(27)41-30/h6-7,9-10,19,21,23,26H,5,8,11-18H2,1-4H3,(H,34,38). The van der Waals surface area contributed by atoms with Gasteiger partial charge >= 0.3 is 5.97 Å². The van der Waals surface area contributed by atoms with Gasteiger partial charge in [0.25, 0.3) is 5.91 Å². The van der Waals surface area contributed by atoms with Crippen molar-refractivity contribution >= 4 is 49.5 Å². The van der Waals surface area contributed by atoms with Gasteiger partial charge in [-0.05, 0) is 99.2 Å². The van der Waals surface area contributed by atoms with Crippen molar-refractivity contribution in [2.45, 2.75) is 72.3 Å². The monoisotopic (exact) mass is 640 g/mol. The summed E-state index contributed by atoms with van der Waals surface area (Å²) in [5.74, 6) is 0.379. The number of halogens is 1. The predicted octanol–water partition coefficient (Wildman–Crippen LogP) is 6.74. The number of hydrogen-bond donors (Lipinski definition) is 1. The third-order valence-electron chi connectivity index (χ3n) is 8.69. The third kappa shape index (κ3) is 7.35. The molecule has 1 aromatic carbocycles. The van der Waals surface area contributed by atoms with E-state index in [2.05, 4.69) is 65.1 Å². The molecule has 3 heterocycles. The van der Waals surface area contributed by atoms with Gasteiger partial charge in [0.2, 0.25) is 0 Å². The zero-order valence-electron chi connectivity index (χ0n) is 24.5. The molecule has 3 aromatic rings. The first-order valence-electron chi connectivity index (χ1n) is 14.9. The van der Waals surface area contributed by atoms with Gasteiger partial charge in [-0.3, -0.25) is 9.59 Å². The first-order valence-corrected chi connectivity index (χ1v) is 16.5. The highest BCUT2D eigenvalue weighted by atomic mass is 79.9. The summed E-state index contributed by atoms with van der Waals surface area (Å²) in [6.07, 6.45) is 5.54. The minimum atomic E-state index is -0.160. The second-order valence-electron chi connectivity index (χ2n) is 12.5. The Morgan fingerprint density at radius 1 is 1.15 bits per heavy atom. The van der Waals surface area contributed by atoms with E-state index in [1.54, 1.807) is 0 Å². The molecule has 7 nitrogen and oxygen atoms in total. The van der Waals surface area contributed by atoms with E-state index in [1.165, 1.54) is 16.9 Å². The van der Waals surface area contributed by atoms with Crippen molar-refractivity contribution in [1.82, 2.24) is 20.2 Å². The molecule has 2 aliphatic rings. The van der Waals surface area contributed by atoms with E-state index >= 15 is 0 Å². The zero-order chi connectivity index (χ0) is 29.1. The number of carbonyl (C=O) groups excluding carboxylic acids is 2. The molecule has 2 aromatic heterocycles. The number of piperidine rings is 1. The number of aryl methyl sites for hydroxylation is 1. The summed E-state index contributed by atoms with van der Waals surface area (Å²) in [5, 5.41) is 3.73. The van der Waals surface area contributed by atoms with Gasteiger partial charge in [0, 0.05) is 16.7 Å². The van der Waals surface area contributed by atoms with Crippen molar-refractivity contribution in [2.75, 3.05) is 26.2 Å². The van der Waals surface area contributed by atoms with Crippen LogP contribution in [0.15, 0.2) is 34.8 Å². The van der Waals surface area contributed by atoms with Crippen molar-refractivity contribution in [3.05, 3.63) is 56.6 Å². The van der Waals surface area contributed by atoms with Crippen LogP contribution in [0.25, 0.3) is 10.3 Å². The highest BCUT2D eigenvalue weighted by Gasteiger charge is 2.30. The summed E-state index contributed by atoms with van der Waals surface area (Å²) in [5.41, 5.74) is 4.58. The van der Waals surface area contributed by atoms with E-state index in [4.69, 9.17) is 14.7 Å². The molecule has 1 aliphatic carbocycles. The first kappa shape index (κ1) is 30.1. The van der Waals surface area contributed by atoms with Crippen molar-refractivity contribution in [1.29, 1.82) is 0 Å². The average Bonchev–Trinajstić information content (AvgIpc) is 3.37. The summed E-state index contributed by atoms with van der Waals surface area (Å²) in [6, 6.07) is 10.1. The maximum Gasteiger partial charge on any atom is 0.309 e. The lowest BCUT2D eigenvalue weighted by molar-refractivity contribution is -0.149. The first-order chi connectivity index (χ1) is 19.6. The Kier molecular flexibility index (Phi) is 9.46. The second kappa shape index (κ2) is 12.9. The molecule has 0 spiro atoms. The number of pyridine rings is 1. The van der Waals surface area contributed by atoms with Crippen LogP contribution in [-0.2, 0) is 22.4 Å². The van der Waals surface area contributed by atoms with Gasteiger partial charge < -0.3 is 15.0 Å². The van der Waals surface area contributed by atoms with E-state index < -0.39 is 0 Å². The Morgan fingerprint density at radius 2 is 1.88 bits per heavy atom. The number of benzene rings is 1. The Labute approximate surface area is 255 Å². The maximum atomic E-state index is 13.5. The normalized spacial score (nSPS) is 19.1. The summed E-state index contributed by atoms with van der Waals surface area (Å²) in [6.45, 7) is 11.8. The topological polar surface area (TPSA) is 84.4 Å². The van der Waals surface area contributed by atoms with Crippen LogP contribution in [0.1, 0.15) is 86.0 Å². The molecule has 0 bridgehead atoms. The Morgan fingerprint density at radius 3 is 2.56 bits per heavy atom. The fourth-order valence-corrected chi connectivity index (χ4v) is 7.16. The number of hydrogen-bond acceptors (Lipinski definition) is 7. The maximum absolute atomic E-state index is 13.5. The van der Waals surface area contributed by atoms with Crippen LogP contribution < -0.4 is 5.32 Å². The highest BCUT2D eigenvalue weighted by molar-refractivity contribution is 9.10. The predicted molar refractivity (Wildman–Crippen MR) is 167 cm³/mol.